The van der Waals surface area contributed by atoms with Crippen molar-refractivity contribution < 1.29 is 4.79 Å². The zero-order valence-corrected chi connectivity index (χ0v) is 11.4. The Hall–Kier alpha value is -1.48. The lowest BCUT2D eigenvalue weighted by Crippen LogP contribution is -2.02. The molecule has 2 nitrogen and oxygen atoms in total. The largest absolute Gasteiger partial charge is 0.289 e. The number of pyridine rings is 1. The third-order valence-corrected chi connectivity index (χ3v) is 3.76. The van der Waals surface area contributed by atoms with Gasteiger partial charge in [0.1, 0.15) is 0 Å². The molecule has 0 saturated heterocycles. The summed E-state index contributed by atoms with van der Waals surface area (Å²) in [5.74, 6) is 0.0403. The Morgan fingerprint density at radius 2 is 1.89 bits per heavy atom. The van der Waals surface area contributed by atoms with Gasteiger partial charge in [0.15, 0.2) is 5.78 Å². The minimum absolute atomic E-state index is 0.0403. The molecule has 0 aliphatic heterocycles. The van der Waals surface area contributed by atoms with Crippen molar-refractivity contribution in [3.63, 3.8) is 0 Å². The number of ketones is 1. The smallest absolute Gasteiger partial charge is 0.194 e. The van der Waals surface area contributed by atoms with Crippen LogP contribution < -0.4 is 0 Å². The van der Waals surface area contributed by atoms with Gasteiger partial charge in [-0.25, -0.2) is 0 Å². The minimum atomic E-state index is 0.0403. The van der Waals surface area contributed by atoms with Crippen LogP contribution >= 0.6 is 15.9 Å². The van der Waals surface area contributed by atoms with Gasteiger partial charge in [-0.3, -0.25) is 9.78 Å². The molecule has 0 unspecified atom stereocenters. The van der Waals surface area contributed by atoms with Gasteiger partial charge < -0.3 is 0 Å². The second kappa shape index (κ2) is 4.65. The van der Waals surface area contributed by atoms with Gasteiger partial charge in [-0.2, -0.15) is 0 Å². The van der Waals surface area contributed by atoms with Crippen LogP contribution in [0.25, 0.3) is 0 Å². The van der Waals surface area contributed by atoms with Crippen LogP contribution in [0.3, 0.4) is 0 Å². The molecule has 1 aliphatic rings. The highest BCUT2D eigenvalue weighted by molar-refractivity contribution is 9.10. The third-order valence-electron chi connectivity index (χ3n) is 3.33. The van der Waals surface area contributed by atoms with E-state index in [9.17, 15) is 4.79 Å². The molecule has 0 N–H and O–H groups in total. The maximum atomic E-state index is 12.3. The van der Waals surface area contributed by atoms with E-state index in [0.717, 1.165) is 22.9 Å². The van der Waals surface area contributed by atoms with Gasteiger partial charge in [0.2, 0.25) is 0 Å². The number of aryl methyl sites for hydroxylation is 2. The van der Waals surface area contributed by atoms with Gasteiger partial charge in [0.25, 0.3) is 0 Å². The summed E-state index contributed by atoms with van der Waals surface area (Å²) in [4.78, 5) is 16.4. The van der Waals surface area contributed by atoms with E-state index < -0.39 is 0 Å². The molecule has 2 aromatic rings. The molecule has 0 amide bonds. The van der Waals surface area contributed by atoms with Crippen molar-refractivity contribution >= 4 is 21.7 Å². The van der Waals surface area contributed by atoms with Gasteiger partial charge >= 0.3 is 0 Å². The zero-order valence-electron chi connectivity index (χ0n) is 9.82. The summed E-state index contributed by atoms with van der Waals surface area (Å²) in [6.07, 6.45) is 6.72. The fourth-order valence-corrected chi connectivity index (χ4v) is 2.78. The average molecular weight is 302 g/mol. The molecule has 0 saturated carbocycles. The Bertz CT molecular complexity index is 622. The summed E-state index contributed by atoms with van der Waals surface area (Å²) in [6, 6.07) is 7.85. The topological polar surface area (TPSA) is 30.0 Å². The van der Waals surface area contributed by atoms with Crippen molar-refractivity contribution in [2.45, 2.75) is 19.3 Å². The molecule has 0 spiro atoms. The molecule has 1 aromatic heterocycles. The first-order valence-corrected chi connectivity index (χ1v) is 6.80. The summed E-state index contributed by atoms with van der Waals surface area (Å²) in [7, 11) is 0. The van der Waals surface area contributed by atoms with E-state index in [1.54, 1.807) is 12.4 Å². The number of carbonyl (C=O) groups is 1. The molecule has 90 valence electrons. The van der Waals surface area contributed by atoms with Crippen molar-refractivity contribution in [2.75, 3.05) is 0 Å². The van der Waals surface area contributed by atoms with E-state index in [1.165, 1.54) is 17.5 Å². The monoisotopic (exact) mass is 301 g/mol. The van der Waals surface area contributed by atoms with Crippen LogP contribution in [-0.2, 0) is 12.8 Å². The fourth-order valence-electron chi connectivity index (χ4n) is 2.42. The number of fused-ring (bicyclic) bond motifs is 1. The zero-order chi connectivity index (χ0) is 12.5. The number of hydrogen-bond acceptors (Lipinski definition) is 2. The Labute approximate surface area is 114 Å². The third kappa shape index (κ3) is 2.10. The number of benzene rings is 1. The molecule has 3 rings (SSSR count). The minimum Gasteiger partial charge on any atom is -0.289 e. The highest BCUT2D eigenvalue weighted by Crippen LogP contribution is 2.24. The number of rotatable bonds is 2. The number of hydrogen-bond donors (Lipinski definition) is 0. The van der Waals surface area contributed by atoms with E-state index in [2.05, 4.69) is 27.0 Å². The first kappa shape index (κ1) is 11.6. The van der Waals surface area contributed by atoms with E-state index >= 15 is 0 Å². The highest BCUT2D eigenvalue weighted by atomic mass is 79.9. The summed E-state index contributed by atoms with van der Waals surface area (Å²) < 4.78 is 0.828. The maximum Gasteiger partial charge on any atom is 0.194 e. The van der Waals surface area contributed by atoms with Crippen LogP contribution in [0.15, 0.2) is 41.1 Å². The first-order valence-electron chi connectivity index (χ1n) is 6.01. The Morgan fingerprint density at radius 3 is 2.72 bits per heavy atom. The van der Waals surface area contributed by atoms with Crippen LogP contribution in [0.4, 0.5) is 0 Å². The van der Waals surface area contributed by atoms with E-state index in [-0.39, 0.29) is 5.78 Å². The van der Waals surface area contributed by atoms with Crippen LogP contribution in [0.1, 0.15) is 33.5 Å². The fraction of sp³-hybridized carbons (Fsp3) is 0.200. The Kier molecular flexibility index (Phi) is 3.00. The van der Waals surface area contributed by atoms with Crippen LogP contribution in [-0.4, -0.2) is 10.8 Å². The van der Waals surface area contributed by atoms with Crippen molar-refractivity contribution in [2.24, 2.45) is 0 Å². The van der Waals surface area contributed by atoms with Crippen molar-refractivity contribution in [3.8, 4) is 0 Å². The normalized spacial score (nSPS) is 13.4. The van der Waals surface area contributed by atoms with Crippen LogP contribution in [0.2, 0.25) is 0 Å². The van der Waals surface area contributed by atoms with Crippen LogP contribution in [0, 0.1) is 0 Å². The lowest BCUT2D eigenvalue weighted by molar-refractivity contribution is 0.103. The molecule has 1 aromatic carbocycles. The lowest BCUT2D eigenvalue weighted by atomic mass is 10.0. The summed E-state index contributed by atoms with van der Waals surface area (Å²) in [5, 5.41) is 0. The van der Waals surface area contributed by atoms with E-state index in [4.69, 9.17) is 0 Å². The first-order chi connectivity index (χ1) is 8.74. The molecular weight excluding hydrogens is 290 g/mol. The number of nitrogens with zero attached hydrogens (tertiary/aromatic N) is 1. The molecule has 0 fully saturated rings. The number of carbonyl (C=O) groups excluding carboxylic acids is 1. The Balaban J connectivity index is 1.98. The molecule has 0 bridgehead atoms. The Morgan fingerprint density at radius 1 is 1.06 bits per heavy atom. The summed E-state index contributed by atoms with van der Waals surface area (Å²) in [5.41, 5.74) is 4.10. The van der Waals surface area contributed by atoms with Crippen molar-refractivity contribution in [1.29, 1.82) is 0 Å². The molecule has 3 heteroatoms. The quantitative estimate of drug-likeness (QED) is 0.794. The average Bonchev–Trinajstić information content (AvgIpc) is 2.85. The predicted molar refractivity (Wildman–Crippen MR) is 73.8 cm³/mol. The van der Waals surface area contributed by atoms with Gasteiger partial charge in [-0.05, 0) is 58.5 Å². The standard InChI is InChI=1S/C15H12BrNO/c16-14-7-13(8-17-9-14)15(18)12-5-4-10-2-1-3-11(10)6-12/h4-9H,1-3H2. The molecule has 18 heavy (non-hydrogen) atoms. The van der Waals surface area contributed by atoms with Gasteiger partial charge in [-0.1, -0.05) is 12.1 Å². The molecule has 0 radical (unpaired) electrons. The van der Waals surface area contributed by atoms with E-state index in [0.29, 0.717) is 5.56 Å². The lowest BCUT2D eigenvalue weighted by Gasteiger charge is -2.04. The molecule has 1 aliphatic carbocycles. The van der Waals surface area contributed by atoms with E-state index in [1.807, 2.05) is 18.2 Å². The molecule has 1 heterocycles. The SMILES string of the molecule is O=C(c1cncc(Br)c1)c1ccc2c(c1)CCC2. The highest BCUT2D eigenvalue weighted by Gasteiger charge is 2.15. The number of aromatic nitrogens is 1. The summed E-state index contributed by atoms with van der Waals surface area (Å²) in [6.45, 7) is 0. The second-order valence-electron chi connectivity index (χ2n) is 4.56. The van der Waals surface area contributed by atoms with Crippen molar-refractivity contribution in [3.05, 3.63) is 63.4 Å². The van der Waals surface area contributed by atoms with Gasteiger partial charge in [-0.15, -0.1) is 0 Å². The molecule has 0 atom stereocenters. The summed E-state index contributed by atoms with van der Waals surface area (Å²) >= 11 is 3.34. The molecular formula is C15H12BrNO. The predicted octanol–water partition coefficient (Wildman–Crippen LogP) is 3.56. The second-order valence-corrected chi connectivity index (χ2v) is 5.47. The maximum absolute atomic E-state index is 12.3. The van der Waals surface area contributed by atoms with Gasteiger partial charge in [0, 0.05) is 28.0 Å². The number of halogens is 1. The van der Waals surface area contributed by atoms with Crippen molar-refractivity contribution in [1.82, 2.24) is 4.98 Å². The van der Waals surface area contributed by atoms with Gasteiger partial charge in [0.05, 0.1) is 0 Å². The van der Waals surface area contributed by atoms with Crippen LogP contribution in [0.5, 0.6) is 0 Å².